The number of amides is 1. The molecular formula is C11H15N3O. The van der Waals surface area contributed by atoms with E-state index in [4.69, 9.17) is 0 Å². The van der Waals surface area contributed by atoms with Crippen LogP contribution in [0.15, 0.2) is 12.1 Å². The van der Waals surface area contributed by atoms with Crippen LogP contribution < -0.4 is 4.90 Å². The van der Waals surface area contributed by atoms with Crippen LogP contribution in [-0.4, -0.2) is 36.4 Å². The molecule has 0 atom stereocenters. The number of carbonyl (C=O) groups is 1. The summed E-state index contributed by atoms with van der Waals surface area (Å²) in [6.45, 7) is 4.39. The molecule has 0 aliphatic carbocycles. The number of likely N-dealkylation sites (N-methyl/N-ethyl adjacent to an activating group) is 1. The largest absolute Gasteiger partial charge is 0.312 e. The lowest BCUT2D eigenvalue weighted by Crippen LogP contribution is -2.28. The zero-order valence-corrected chi connectivity index (χ0v) is 9.10. The van der Waals surface area contributed by atoms with Crippen LogP contribution in [0, 0.1) is 6.92 Å². The molecule has 0 bridgehead atoms. The number of aromatic nitrogens is 1. The Labute approximate surface area is 89.5 Å². The number of hydrogen-bond donors (Lipinski definition) is 0. The van der Waals surface area contributed by atoms with E-state index >= 15 is 0 Å². The molecule has 1 aliphatic rings. The minimum Gasteiger partial charge on any atom is -0.312 e. The van der Waals surface area contributed by atoms with Crippen LogP contribution in [0.5, 0.6) is 0 Å². The van der Waals surface area contributed by atoms with Crippen molar-refractivity contribution < 1.29 is 4.79 Å². The fraction of sp³-hybridized carbons (Fsp3) is 0.455. The van der Waals surface area contributed by atoms with E-state index in [1.165, 1.54) is 0 Å². The fourth-order valence-corrected chi connectivity index (χ4v) is 1.82. The summed E-state index contributed by atoms with van der Waals surface area (Å²) in [5.74, 6) is 0. The van der Waals surface area contributed by atoms with Crippen molar-refractivity contribution in [3.05, 3.63) is 23.5 Å². The van der Waals surface area contributed by atoms with Gasteiger partial charge in [-0.3, -0.25) is 14.7 Å². The zero-order chi connectivity index (χ0) is 10.8. The maximum absolute atomic E-state index is 10.9. The van der Waals surface area contributed by atoms with Crippen molar-refractivity contribution in [2.75, 3.05) is 25.0 Å². The number of nitrogens with zero attached hydrogens (tertiary/aromatic N) is 3. The predicted octanol–water partition coefficient (Wildman–Crippen LogP) is 0.798. The third-order valence-electron chi connectivity index (χ3n) is 2.67. The minimum absolute atomic E-state index is 0.734. The third kappa shape index (κ3) is 1.99. The number of carbonyl (C=O) groups excluding carboxylic acids is 1. The van der Waals surface area contributed by atoms with Gasteiger partial charge >= 0.3 is 0 Å². The van der Waals surface area contributed by atoms with Gasteiger partial charge in [0, 0.05) is 25.3 Å². The predicted molar refractivity (Wildman–Crippen MR) is 58.7 cm³/mol. The molecule has 4 nitrogen and oxygen atoms in total. The van der Waals surface area contributed by atoms with Gasteiger partial charge in [-0.05, 0) is 26.1 Å². The van der Waals surface area contributed by atoms with Crippen molar-refractivity contribution in [3.63, 3.8) is 0 Å². The van der Waals surface area contributed by atoms with Crippen molar-refractivity contribution in [1.29, 1.82) is 0 Å². The van der Waals surface area contributed by atoms with Gasteiger partial charge in [0.25, 0.3) is 0 Å². The van der Waals surface area contributed by atoms with Crippen LogP contribution in [0.2, 0.25) is 0 Å². The number of anilines is 1. The van der Waals surface area contributed by atoms with Gasteiger partial charge in [-0.15, -0.1) is 0 Å². The first-order chi connectivity index (χ1) is 7.20. The second-order valence-corrected chi connectivity index (χ2v) is 3.96. The first-order valence-corrected chi connectivity index (χ1v) is 5.07. The standard InChI is InChI=1S/C11H15N3O/c1-9-3-4-11-10(12-9)7-13(2)5-6-14(11)8-15/h3-4,8H,5-7H2,1-2H3. The summed E-state index contributed by atoms with van der Waals surface area (Å²) in [5.41, 5.74) is 2.93. The SMILES string of the molecule is Cc1ccc2c(n1)CN(C)CCN2C=O. The Morgan fingerprint density at radius 2 is 2.20 bits per heavy atom. The highest BCUT2D eigenvalue weighted by atomic mass is 16.1. The Hall–Kier alpha value is -1.42. The van der Waals surface area contributed by atoms with Gasteiger partial charge in [0.05, 0.1) is 11.4 Å². The second-order valence-electron chi connectivity index (χ2n) is 3.96. The van der Waals surface area contributed by atoms with E-state index in [1.54, 1.807) is 4.90 Å². The topological polar surface area (TPSA) is 36.4 Å². The van der Waals surface area contributed by atoms with Crippen molar-refractivity contribution in [3.8, 4) is 0 Å². The second kappa shape index (κ2) is 3.98. The van der Waals surface area contributed by atoms with E-state index in [1.807, 2.05) is 26.1 Å². The Morgan fingerprint density at radius 1 is 1.40 bits per heavy atom. The van der Waals surface area contributed by atoms with Gasteiger partial charge in [-0.1, -0.05) is 0 Å². The molecule has 0 unspecified atom stereocenters. The monoisotopic (exact) mass is 205 g/mol. The van der Waals surface area contributed by atoms with Crippen LogP contribution in [0.3, 0.4) is 0 Å². The summed E-state index contributed by atoms with van der Waals surface area (Å²) in [7, 11) is 2.04. The maximum Gasteiger partial charge on any atom is 0.214 e. The molecule has 15 heavy (non-hydrogen) atoms. The molecule has 0 saturated heterocycles. The Bertz CT molecular complexity index is 378. The molecule has 0 fully saturated rings. The molecule has 1 aliphatic heterocycles. The first-order valence-electron chi connectivity index (χ1n) is 5.07. The lowest BCUT2D eigenvalue weighted by Gasteiger charge is -2.16. The normalized spacial score (nSPS) is 17.1. The summed E-state index contributed by atoms with van der Waals surface area (Å²) in [4.78, 5) is 19.3. The number of rotatable bonds is 1. The quantitative estimate of drug-likeness (QED) is 0.636. The third-order valence-corrected chi connectivity index (χ3v) is 2.67. The molecule has 4 heteroatoms. The van der Waals surface area contributed by atoms with E-state index in [0.717, 1.165) is 43.1 Å². The van der Waals surface area contributed by atoms with Gasteiger partial charge in [0.1, 0.15) is 0 Å². The highest BCUT2D eigenvalue weighted by molar-refractivity contribution is 5.76. The Balaban J connectivity index is 2.44. The van der Waals surface area contributed by atoms with Gasteiger partial charge in [0.2, 0.25) is 6.41 Å². The maximum atomic E-state index is 10.9. The molecule has 0 radical (unpaired) electrons. The summed E-state index contributed by atoms with van der Waals surface area (Å²) in [5, 5.41) is 0. The van der Waals surface area contributed by atoms with Gasteiger partial charge in [0.15, 0.2) is 0 Å². The van der Waals surface area contributed by atoms with Crippen LogP contribution in [0.25, 0.3) is 0 Å². The van der Waals surface area contributed by atoms with Crippen molar-refractivity contribution >= 4 is 12.1 Å². The molecule has 2 heterocycles. The van der Waals surface area contributed by atoms with Gasteiger partial charge in [-0.2, -0.15) is 0 Å². The number of aryl methyl sites for hydroxylation is 1. The molecule has 2 rings (SSSR count). The van der Waals surface area contributed by atoms with Crippen LogP contribution in [0.1, 0.15) is 11.4 Å². The molecule has 1 amide bonds. The van der Waals surface area contributed by atoms with Crippen molar-refractivity contribution in [1.82, 2.24) is 9.88 Å². The Kier molecular flexibility index (Phi) is 2.68. The molecule has 1 aromatic rings. The van der Waals surface area contributed by atoms with Crippen LogP contribution in [0.4, 0.5) is 5.69 Å². The molecule has 1 aromatic heterocycles. The smallest absolute Gasteiger partial charge is 0.214 e. The van der Waals surface area contributed by atoms with Crippen LogP contribution in [-0.2, 0) is 11.3 Å². The highest BCUT2D eigenvalue weighted by Crippen LogP contribution is 2.21. The molecular weight excluding hydrogens is 190 g/mol. The molecule has 80 valence electrons. The van der Waals surface area contributed by atoms with Crippen molar-refractivity contribution in [2.24, 2.45) is 0 Å². The summed E-state index contributed by atoms with van der Waals surface area (Å²) in [6.07, 6.45) is 0.884. The minimum atomic E-state index is 0.734. The van der Waals surface area contributed by atoms with E-state index in [-0.39, 0.29) is 0 Å². The average molecular weight is 205 g/mol. The zero-order valence-electron chi connectivity index (χ0n) is 9.10. The molecule has 0 spiro atoms. The number of fused-ring (bicyclic) bond motifs is 1. The summed E-state index contributed by atoms with van der Waals surface area (Å²) in [6, 6.07) is 3.92. The summed E-state index contributed by atoms with van der Waals surface area (Å²) >= 11 is 0. The average Bonchev–Trinajstić information content (AvgIpc) is 2.35. The lowest BCUT2D eigenvalue weighted by atomic mass is 10.2. The molecule has 0 N–H and O–H groups in total. The van der Waals surface area contributed by atoms with E-state index < -0.39 is 0 Å². The van der Waals surface area contributed by atoms with Gasteiger partial charge < -0.3 is 4.90 Å². The fourth-order valence-electron chi connectivity index (χ4n) is 1.82. The van der Waals surface area contributed by atoms with E-state index in [2.05, 4.69) is 9.88 Å². The van der Waals surface area contributed by atoms with E-state index in [0.29, 0.717) is 0 Å². The highest BCUT2D eigenvalue weighted by Gasteiger charge is 2.18. The molecule has 0 saturated carbocycles. The van der Waals surface area contributed by atoms with E-state index in [9.17, 15) is 4.79 Å². The molecule has 0 aromatic carbocycles. The van der Waals surface area contributed by atoms with Crippen molar-refractivity contribution in [2.45, 2.75) is 13.5 Å². The van der Waals surface area contributed by atoms with Crippen LogP contribution >= 0.6 is 0 Å². The number of pyridine rings is 1. The Morgan fingerprint density at radius 3 is 2.93 bits per heavy atom. The number of hydrogen-bond acceptors (Lipinski definition) is 3. The van der Waals surface area contributed by atoms with Gasteiger partial charge in [-0.25, -0.2) is 0 Å². The summed E-state index contributed by atoms with van der Waals surface area (Å²) < 4.78 is 0. The lowest BCUT2D eigenvalue weighted by molar-refractivity contribution is -0.107. The first kappa shape index (κ1) is 10.1.